The van der Waals surface area contributed by atoms with Gasteiger partial charge in [-0.05, 0) is 43.4 Å². The van der Waals surface area contributed by atoms with E-state index >= 15 is 0 Å². The monoisotopic (exact) mass is 347 g/mol. The van der Waals surface area contributed by atoms with E-state index < -0.39 is 23.3 Å². The number of carbonyl (C=O) groups is 3. The molecule has 2 heterocycles. The van der Waals surface area contributed by atoms with Crippen LogP contribution >= 0.6 is 0 Å². The Morgan fingerprint density at radius 1 is 1.16 bits per heavy atom. The van der Waals surface area contributed by atoms with Crippen molar-refractivity contribution in [3.63, 3.8) is 0 Å². The maximum atomic E-state index is 13.2. The lowest BCUT2D eigenvalue weighted by Gasteiger charge is -2.28. The fourth-order valence-corrected chi connectivity index (χ4v) is 3.52. The van der Waals surface area contributed by atoms with Crippen LogP contribution in [0.5, 0.6) is 0 Å². The number of hydrogen-bond donors (Lipinski definition) is 1. The van der Waals surface area contributed by atoms with Gasteiger partial charge in [0.2, 0.25) is 5.91 Å². The molecule has 134 valence electrons. The van der Waals surface area contributed by atoms with Gasteiger partial charge < -0.3 is 10.2 Å². The fraction of sp³-hybridized carbons (Fsp3) is 0.500. The van der Waals surface area contributed by atoms with E-state index in [1.807, 2.05) is 0 Å². The summed E-state index contributed by atoms with van der Waals surface area (Å²) in [6.07, 6.45) is 3.30. The zero-order valence-electron chi connectivity index (χ0n) is 14.3. The van der Waals surface area contributed by atoms with Gasteiger partial charge >= 0.3 is 6.03 Å². The highest BCUT2D eigenvalue weighted by atomic mass is 19.1. The second-order valence-electron chi connectivity index (χ2n) is 6.53. The molecule has 25 heavy (non-hydrogen) atoms. The summed E-state index contributed by atoms with van der Waals surface area (Å²) in [5, 5.41) is 2.71. The average Bonchev–Trinajstić information content (AvgIpc) is 2.88. The van der Waals surface area contributed by atoms with Crippen molar-refractivity contribution in [2.24, 2.45) is 0 Å². The van der Waals surface area contributed by atoms with Gasteiger partial charge in [0.25, 0.3) is 5.91 Å². The summed E-state index contributed by atoms with van der Waals surface area (Å²) in [4.78, 5) is 40.4. The maximum absolute atomic E-state index is 13.2. The van der Waals surface area contributed by atoms with Crippen molar-refractivity contribution < 1.29 is 18.8 Å². The number of hydrogen-bond acceptors (Lipinski definition) is 3. The van der Waals surface area contributed by atoms with Crippen molar-refractivity contribution in [2.45, 2.75) is 38.1 Å². The zero-order chi connectivity index (χ0) is 18.0. The third-order valence-electron chi connectivity index (χ3n) is 5.05. The van der Waals surface area contributed by atoms with Gasteiger partial charge in [0.15, 0.2) is 0 Å². The molecule has 1 atom stereocenters. The van der Waals surface area contributed by atoms with Gasteiger partial charge in [-0.15, -0.1) is 0 Å². The Morgan fingerprint density at radius 2 is 1.80 bits per heavy atom. The molecule has 1 aromatic carbocycles. The number of nitrogens with zero attached hydrogens (tertiary/aromatic N) is 2. The predicted octanol–water partition coefficient (Wildman–Crippen LogP) is 2.00. The number of carbonyl (C=O) groups excluding carboxylic acids is 3. The average molecular weight is 347 g/mol. The molecular formula is C18H22FN3O3. The number of urea groups is 1. The van der Waals surface area contributed by atoms with Gasteiger partial charge in [0.05, 0.1) is 0 Å². The van der Waals surface area contributed by atoms with Crippen LogP contribution in [0.2, 0.25) is 0 Å². The minimum Gasteiger partial charge on any atom is -0.341 e. The number of piperidine rings is 1. The summed E-state index contributed by atoms with van der Waals surface area (Å²) >= 11 is 0. The van der Waals surface area contributed by atoms with Crippen molar-refractivity contribution in [1.29, 1.82) is 0 Å². The molecule has 0 aliphatic carbocycles. The second-order valence-corrected chi connectivity index (χ2v) is 6.53. The smallest absolute Gasteiger partial charge is 0.325 e. The lowest BCUT2D eigenvalue weighted by Crippen LogP contribution is -2.46. The molecule has 0 bridgehead atoms. The van der Waals surface area contributed by atoms with E-state index in [-0.39, 0.29) is 12.5 Å². The van der Waals surface area contributed by atoms with Crippen LogP contribution in [0.15, 0.2) is 24.3 Å². The topological polar surface area (TPSA) is 69.7 Å². The van der Waals surface area contributed by atoms with Gasteiger partial charge in [0, 0.05) is 13.1 Å². The van der Waals surface area contributed by atoms with Crippen molar-refractivity contribution in [2.75, 3.05) is 19.6 Å². The van der Waals surface area contributed by atoms with Crippen molar-refractivity contribution >= 4 is 17.8 Å². The van der Waals surface area contributed by atoms with Gasteiger partial charge in [-0.2, -0.15) is 0 Å². The van der Waals surface area contributed by atoms with E-state index in [4.69, 9.17) is 0 Å². The summed E-state index contributed by atoms with van der Waals surface area (Å²) < 4.78 is 13.2. The third kappa shape index (κ3) is 3.10. The summed E-state index contributed by atoms with van der Waals surface area (Å²) in [6, 6.07) is 4.92. The number of amides is 4. The van der Waals surface area contributed by atoms with E-state index in [0.29, 0.717) is 25.1 Å². The highest BCUT2D eigenvalue weighted by Crippen LogP contribution is 2.32. The first kappa shape index (κ1) is 17.4. The predicted molar refractivity (Wildman–Crippen MR) is 89.0 cm³/mol. The van der Waals surface area contributed by atoms with Crippen molar-refractivity contribution in [1.82, 2.24) is 15.1 Å². The SMILES string of the molecule is CC[C@]1(c2ccc(F)cc2)NC(=O)N(CC(=O)N2CCCCC2)C1=O. The molecule has 2 aliphatic rings. The van der Waals surface area contributed by atoms with E-state index in [1.165, 1.54) is 24.3 Å². The normalized spacial score (nSPS) is 23.8. The molecule has 2 saturated heterocycles. The minimum atomic E-state index is -1.24. The molecule has 3 rings (SSSR count). The molecule has 0 spiro atoms. The number of halogens is 1. The van der Waals surface area contributed by atoms with Crippen LogP contribution < -0.4 is 5.32 Å². The molecule has 4 amide bonds. The van der Waals surface area contributed by atoms with Gasteiger partial charge in [-0.1, -0.05) is 19.1 Å². The Labute approximate surface area is 146 Å². The first-order chi connectivity index (χ1) is 12.0. The Balaban J connectivity index is 1.80. The van der Waals surface area contributed by atoms with Crippen LogP contribution in [0.4, 0.5) is 9.18 Å². The molecular weight excluding hydrogens is 325 g/mol. The first-order valence-electron chi connectivity index (χ1n) is 8.66. The fourth-order valence-electron chi connectivity index (χ4n) is 3.52. The number of nitrogens with one attached hydrogen (secondary N) is 1. The summed E-state index contributed by atoms with van der Waals surface area (Å²) in [5.74, 6) is -1.09. The van der Waals surface area contributed by atoms with Gasteiger partial charge in [-0.25, -0.2) is 9.18 Å². The lowest BCUT2D eigenvalue weighted by atomic mass is 9.87. The summed E-state index contributed by atoms with van der Waals surface area (Å²) in [5.41, 5.74) is -0.727. The van der Waals surface area contributed by atoms with Gasteiger partial charge in [0.1, 0.15) is 17.9 Å². The standard InChI is InChI=1S/C18H22FN3O3/c1-2-18(13-6-8-14(19)9-7-13)16(24)22(17(25)20-18)12-15(23)21-10-4-3-5-11-21/h6-9H,2-5,10-12H2,1H3,(H,20,25)/t18-/m1/s1. The Bertz CT molecular complexity index is 685. The number of imide groups is 1. The third-order valence-corrected chi connectivity index (χ3v) is 5.05. The van der Waals surface area contributed by atoms with Crippen LogP contribution in [-0.2, 0) is 15.1 Å². The van der Waals surface area contributed by atoms with Crippen LogP contribution in [0.25, 0.3) is 0 Å². The van der Waals surface area contributed by atoms with Crippen LogP contribution in [-0.4, -0.2) is 47.3 Å². The highest BCUT2D eigenvalue weighted by Gasteiger charge is 2.51. The Morgan fingerprint density at radius 3 is 2.40 bits per heavy atom. The van der Waals surface area contributed by atoms with E-state index in [1.54, 1.807) is 11.8 Å². The Kier molecular flexibility index (Phi) is 4.74. The molecule has 6 nitrogen and oxygen atoms in total. The molecule has 2 fully saturated rings. The quantitative estimate of drug-likeness (QED) is 0.847. The van der Waals surface area contributed by atoms with Crippen LogP contribution in [0.1, 0.15) is 38.2 Å². The minimum absolute atomic E-state index is 0.214. The molecule has 0 saturated carbocycles. The largest absolute Gasteiger partial charge is 0.341 e. The molecule has 1 N–H and O–H groups in total. The van der Waals surface area contributed by atoms with Gasteiger partial charge in [-0.3, -0.25) is 14.5 Å². The number of likely N-dealkylation sites (tertiary alicyclic amines) is 1. The number of benzene rings is 1. The molecule has 2 aliphatic heterocycles. The Hall–Kier alpha value is -2.44. The molecule has 0 unspecified atom stereocenters. The maximum Gasteiger partial charge on any atom is 0.325 e. The summed E-state index contributed by atoms with van der Waals surface area (Å²) in [7, 11) is 0. The lowest BCUT2D eigenvalue weighted by molar-refractivity contribution is -0.139. The summed E-state index contributed by atoms with van der Waals surface area (Å²) in [6.45, 7) is 2.85. The molecule has 0 aromatic heterocycles. The van der Waals surface area contributed by atoms with Crippen LogP contribution in [0, 0.1) is 5.82 Å². The van der Waals surface area contributed by atoms with E-state index in [9.17, 15) is 18.8 Å². The second kappa shape index (κ2) is 6.82. The van der Waals surface area contributed by atoms with E-state index in [0.717, 1.165) is 24.2 Å². The number of rotatable bonds is 4. The van der Waals surface area contributed by atoms with E-state index in [2.05, 4.69) is 5.32 Å². The van der Waals surface area contributed by atoms with Crippen molar-refractivity contribution in [3.05, 3.63) is 35.6 Å². The molecule has 1 aromatic rings. The highest BCUT2D eigenvalue weighted by molar-refractivity contribution is 6.09. The first-order valence-corrected chi connectivity index (χ1v) is 8.66. The molecule has 7 heteroatoms. The molecule has 0 radical (unpaired) electrons. The zero-order valence-corrected chi connectivity index (χ0v) is 14.3. The van der Waals surface area contributed by atoms with Crippen LogP contribution in [0.3, 0.4) is 0 Å². The van der Waals surface area contributed by atoms with Crippen molar-refractivity contribution in [3.8, 4) is 0 Å².